The third-order valence-corrected chi connectivity index (χ3v) is 8.91. The molecule has 0 amide bonds. The monoisotopic (exact) mass is 728 g/mol. The second-order valence-electron chi connectivity index (χ2n) is 10.9. The van der Waals surface area contributed by atoms with E-state index in [1.54, 1.807) is 0 Å². The van der Waals surface area contributed by atoms with E-state index >= 15 is 0 Å². The number of rotatable bonds is 13. The third kappa shape index (κ3) is 10.1. The van der Waals surface area contributed by atoms with E-state index in [0.29, 0.717) is 0 Å². The molecule has 0 radical (unpaired) electrons. The molecule has 0 nitrogen and oxygen atoms in total. The van der Waals surface area contributed by atoms with Gasteiger partial charge < -0.3 is 0 Å². The van der Waals surface area contributed by atoms with E-state index in [4.69, 9.17) is 0 Å². The first-order valence-corrected chi connectivity index (χ1v) is 15.9. The van der Waals surface area contributed by atoms with Crippen LogP contribution in [0, 0.1) is 58.4 Å². The van der Waals surface area contributed by atoms with Gasteiger partial charge in [0.1, 0.15) is 5.56 Å². The minimum absolute atomic E-state index is 0.971. The second-order valence-corrected chi connectivity index (χ2v) is 12.3. The minimum Gasteiger partial charge on any atom is -0.203 e. The van der Waals surface area contributed by atoms with E-state index in [0.717, 1.165) is 11.8 Å². The van der Waals surface area contributed by atoms with Crippen LogP contribution >= 0.6 is 8.58 Å². The third-order valence-electron chi connectivity index (χ3n) is 7.28. The van der Waals surface area contributed by atoms with Crippen LogP contribution < -0.4 is 0 Å². The molecule has 0 aliphatic carbocycles. The molecule has 0 saturated heterocycles. The van der Waals surface area contributed by atoms with Crippen molar-refractivity contribution in [3.63, 3.8) is 0 Å². The summed E-state index contributed by atoms with van der Waals surface area (Å²) < 4.78 is 214. The van der Waals surface area contributed by atoms with Crippen LogP contribution in [0.15, 0.2) is 0 Å². The van der Waals surface area contributed by atoms with Crippen molar-refractivity contribution in [3.8, 4) is 11.1 Å². The molecule has 0 aliphatic rings. The van der Waals surface area contributed by atoms with E-state index in [1.165, 1.54) is 65.9 Å². The maximum Gasteiger partial charge on any atom is 0.458 e. The summed E-state index contributed by atoms with van der Waals surface area (Å²) in [5.74, 6) is -32.1. The number of halogens is 16. The van der Waals surface area contributed by atoms with Crippen LogP contribution in [0.4, 0.5) is 70.2 Å². The SMILES string of the molecule is CCCCC(CC)CCPCC(C)CCC.Fc1c(F)c(F)c(-c2c(C(F)(F)F)c(F)c(F)c(F)c2C(F)(F)C(F)(F)F)c(F)c1F. The van der Waals surface area contributed by atoms with Crippen LogP contribution in [0.1, 0.15) is 83.8 Å². The Morgan fingerprint density at radius 1 is 0.553 bits per heavy atom. The lowest BCUT2D eigenvalue weighted by Gasteiger charge is -2.26. The van der Waals surface area contributed by atoms with E-state index in [9.17, 15) is 70.2 Å². The Kier molecular flexibility index (Phi) is 15.9. The lowest BCUT2D eigenvalue weighted by molar-refractivity contribution is -0.290. The molecule has 0 spiro atoms. The molecule has 2 aromatic carbocycles. The first-order chi connectivity index (χ1) is 21.5. The fourth-order valence-corrected chi connectivity index (χ4v) is 6.25. The van der Waals surface area contributed by atoms with Gasteiger partial charge in [0.15, 0.2) is 40.7 Å². The summed E-state index contributed by atoms with van der Waals surface area (Å²) in [6.07, 6.45) is -0.747. The maximum absolute atomic E-state index is 13.9. The van der Waals surface area contributed by atoms with Gasteiger partial charge in [0.25, 0.3) is 0 Å². The van der Waals surface area contributed by atoms with Crippen LogP contribution in [0.2, 0.25) is 0 Å². The fourth-order valence-electron chi connectivity index (χ4n) is 4.73. The zero-order valence-electron chi connectivity index (χ0n) is 25.6. The van der Waals surface area contributed by atoms with E-state index < -0.39 is 87.1 Å². The molecule has 3 unspecified atom stereocenters. The van der Waals surface area contributed by atoms with Gasteiger partial charge in [-0.1, -0.05) is 66.2 Å². The molecule has 0 fully saturated rings. The molecular weight excluding hydrogens is 695 g/mol. The quantitative estimate of drug-likeness (QED) is 0.0633. The summed E-state index contributed by atoms with van der Waals surface area (Å²) in [6, 6.07) is 0. The predicted molar refractivity (Wildman–Crippen MR) is 147 cm³/mol. The summed E-state index contributed by atoms with van der Waals surface area (Å²) in [7, 11) is 1.22. The second kappa shape index (κ2) is 17.4. The molecule has 47 heavy (non-hydrogen) atoms. The van der Waals surface area contributed by atoms with Crippen molar-refractivity contribution < 1.29 is 70.2 Å². The van der Waals surface area contributed by atoms with Gasteiger partial charge in [0.2, 0.25) is 5.82 Å². The normalized spacial score (nSPS) is 14.0. The molecule has 0 bridgehead atoms. The average molecular weight is 729 g/mol. The molecule has 0 N–H and O–H groups in total. The van der Waals surface area contributed by atoms with Gasteiger partial charge in [-0.15, -0.1) is 8.58 Å². The summed E-state index contributed by atoms with van der Waals surface area (Å²) >= 11 is 0. The predicted octanol–water partition coefficient (Wildman–Crippen LogP) is 12.8. The maximum atomic E-state index is 13.9. The first-order valence-electron chi connectivity index (χ1n) is 14.5. The summed E-state index contributed by atoms with van der Waals surface area (Å²) in [6.45, 7) is 9.40. The largest absolute Gasteiger partial charge is 0.458 e. The van der Waals surface area contributed by atoms with Gasteiger partial charge in [-0.05, 0) is 30.6 Å². The highest BCUT2D eigenvalue weighted by Crippen LogP contribution is 2.53. The van der Waals surface area contributed by atoms with Crippen LogP contribution in [0.25, 0.3) is 11.1 Å². The number of benzene rings is 2. The summed E-state index contributed by atoms with van der Waals surface area (Å²) in [4.78, 5) is 0. The Balaban J connectivity index is 0.000000584. The Morgan fingerprint density at radius 2 is 1.02 bits per heavy atom. The Morgan fingerprint density at radius 3 is 1.45 bits per heavy atom. The van der Waals surface area contributed by atoms with Crippen molar-refractivity contribution in [1.82, 2.24) is 0 Å². The topological polar surface area (TPSA) is 0 Å². The van der Waals surface area contributed by atoms with Crippen molar-refractivity contribution in [3.05, 3.63) is 57.7 Å². The highest BCUT2D eigenvalue weighted by atomic mass is 31.1. The fraction of sp³-hybridized carbons (Fsp3) is 0.600. The van der Waals surface area contributed by atoms with Crippen molar-refractivity contribution in [2.45, 2.75) is 90.9 Å². The lowest BCUT2D eigenvalue weighted by Crippen LogP contribution is -2.36. The van der Waals surface area contributed by atoms with Gasteiger partial charge >= 0.3 is 18.3 Å². The van der Waals surface area contributed by atoms with Crippen LogP contribution in [-0.2, 0) is 12.1 Å². The molecule has 3 atom stereocenters. The van der Waals surface area contributed by atoms with Gasteiger partial charge in [-0.3, -0.25) is 0 Å². The molecule has 0 aromatic heterocycles. The van der Waals surface area contributed by atoms with Gasteiger partial charge in [-0.2, -0.15) is 35.1 Å². The van der Waals surface area contributed by atoms with Crippen molar-refractivity contribution in [1.29, 1.82) is 0 Å². The molecular formula is C30H33F16P. The zero-order valence-corrected chi connectivity index (χ0v) is 26.6. The highest BCUT2D eigenvalue weighted by Gasteiger charge is 2.63. The number of hydrogen-bond donors (Lipinski definition) is 0. The standard InChI is InChI=1S/C15F16.C15H33P/c16-5-2(6(17)10(21)12(23)9(5)20)1-3(13(24,25)15(29,30)31)7(18)11(22)8(19)4(1)14(26,27)28;1-5-8-10-15(7-3)11-12-16-13-14(4)9-6-2/h;14-16H,5-13H2,1-4H3. The van der Waals surface area contributed by atoms with Crippen molar-refractivity contribution in [2.75, 3.05) is 12.3 Å². The summed E-state index contributed by atoms with van der Waals surface area (Å²) in [5.41, 5.74) is -14.2. The van der Waals surface area contributed by atoms with Gasteiger partial charge in [0.05, 0.1) is 11.1 Å². The first kappa shape index (κ1) is 42.8. The van der Waals surface area contributed by atoms with Crippen molar-refractivity contribution >= 4 is 8.58 Å². The van der Waals surface area contributed by atoms with Gasteiger partial charge in [-0.25, -0.2) is 35.1 Å². The van der Waals surface area contributed by atoms with E-state index in [-0.39, 0.29) is 0 Å². The number of hydrogen-bond acceptors (Lipinski definition) is 0. The zero-order chi connectivity index (χ0) is 36.7. The molecule has 2 aromatic rings. The lowest BCUT2D eigenvalue weighted by atomic mass is 9.88. The minimum atomic E-state index is -7.10. The Bertz CT molecular complexity index is 1300. The molecule has 0 saturated carbocycles. The number of unbranched alkanes of at least 4 members (excludes halogenated alkanes) is 1. The van der Waals surface area contributed by atoms with Crippen LogP contribution in [0.5, 0.6) is 0 Å². The van der Waals surface area contributed by atoms with E-state index in [2.05, 4.69) is 27.7 Å². The smallest absolute Gasteiger partial charge is 0.203 e. The van der Waals surface area contributed by atoms with E-state index in [1.807, 2.05) is 0 Å². The average Bonchev–Trinajstić information content (AvgIpc) is 2.96. The Labute approximate surface area is 263 Å². The molecule has 0 aliphatic heterocycles. The van der Waals surface area contributed by atoms with Crippen LogP contribution in [-0.4, -0.2) is 18.5 Å². The highest BCUT2D eigenvalue weighted by molar-refractivity contribution is 7.37. The Hall–Kier alpha value is -2.25. The molecule has 270 valence electrons. The molecule has 17 heteroatoms. The molecule has 0 heterocycles. The number of alkyl halides is 8. The van der Waals surface area contributed by atoms with Crippen LogP contribution in [0.3, 0.4) is 0 Å². The molecule has 2 rings (SSSR count). The summed E-state index contributed by atoms with van der Waals surface area (Å²) in [5, 5.41) is 0. The van der Waals surface area contributed by atoms with Crippen molar-refractivity contribution in [2.24, 2.45) is 11.8 Å². The van der Waals surface area contributed by atoms with Gasteiger partial charge in [0, 0.05) is 5.56 Å².